The van der Waals surface area contributed by atoms with Gasteiger partial charge in [-0.1, -0.05) is 90.1 Å². The van der Waals surface area contributed by atoms with E-state index in [9.17, 15) is 9.59 Å². The fourth-order valence-electron chi connectivity index (χ4n) is 4.30. The first-order chi connectivity index (χ1) is 20.8. The van der Waals surface area contributed by atoms with Crippen LogP contribution in [0.3, 0.4) is 0 Å². The van der Waals surface area contributed by atoms with Crippen LogP contribution in [0.1, 0.15) is 63.8 Å². The smallest absolute Gasteiger partial charge is 0.319 e. The van der Waals surface area contributed by atoms with Crippen LogP contribution in [0.15, 0.2) is 107 Å². The lowest BCUT2D eigenvalue weighted by molar-refractivity contribution is 0.251. The Bertz CT molecular complexity index is 1440. The van der Waals surface area contributed by atoms with Gasteiger partial charge >= 0.3 is 12.1 Å². The Balaban J connectivity index is 1.19. The Morgan fingerprint density at radius 2 is 0.818 bits per heavy atom. The Morgan fingerprint density at radius 1 is 0.500 bits per heavy atom. The molecular formula is C36H42N6O2. The average molecular weight is 591 g/mol. The summed E-state index contributed by atoms with van der Waals surface area (Å²) < 4.78 is 0. The minimum atomic E-state index is -0.262. The van der Waals surface area contributed by atoms with E-state index < -0.39 is 0 Å². The van der Waals surface area contributed by atoms with Crippen molar-refractivity contribution in [3.05, 3.63) is 119 Å². The number of amides is 4. The van der Waals surface area contributed by atoms with Crippen LogP contribution in [0.4, 0.5) is 32.3 Å². The van der Waals surface area contributed by atoms with Crippen LogP contribution in [-0.2, 0) is 23.9 Å². The fourth-order valence-corrected chi connectivity index (χ4v) is 4.30. The van der Waals surface area contributed by atoms with E-state index in [2.05, 4.69) is 73.0 Å². The predicted molar refractivity (Wildman–Crippen MR) is 179 cm³/mol. The second-order valence-electron chi connectivity index (χ2n) is 12.8. The van der Waals surface area contributed by atoms with Gasteiger partial charge in [0.15, 0.2) is 0 Å². The van der Waals surface area contributed by atoms with Crippen molar-refractivity contribution in [1.82, 2.24) is 10.6 Å². The van der Waals surface area contributed by atoms with E-state index in [4.69, 9.17) is 0 Å². The first-order valence-electron chi connectivity index (χ1n) is 14.8. The van der Waals surface area contributed by atoms with Crippen molar-refractivity contribution >= 4 is 34.8 Å². The molecule has 8 heteroatoms. The molecule has 4 N–H and O–H groups in total. The maximum atomic E-state index is 12.3. The van der Waals surface area contributed by atoms with Gasteiger partial charge in [0.05, 0.1) is 11.4 Å². The standard InChI is InChI=1S/C36H42N6O2/c1-35(2,3)27-11-19-29(20-12-27)39-33(43)37-23-25-7-15-31(16-8-25)41-42-32-17-9-26(10-18-32)24-38-34(44)40-30-21-13-28(14-22-30)36(4,5)6/h7-22H,23-24H2,1-6H3,(H2,37,39,43)(H2,38,40,44). The monoisotopic (exact) mass is 590 g/mol. The third-order valence-corrected chi connectivity index (χ3v) is 7.08. The van der Waals surface area contributed by atoms with Gasteiger partial charge in [0, 0.05) is 24.5 Å². The molecule has 228 valence electrons. The van der Waals surface area contributed by atoms with Crippen molar-refractivity contribution in [2.45, 2.75) is 65.5 Å². The van der Waals surface area contributed by atoms with Crippen LogP contribution in [0.25, 0.3) is 0 Å². The molecule has 0 saturated heterocycles. The number of anilines is 2. The topological polar surface area (TPSA) is 107 Å². The molecule has 8 nitrogen and oxygen atoms in total. The number of carbonyl (C=O) groups excluding carboxylic acids is 2. The second-order valence-corrected chi connectivity index (χ2v) is 12.8. The summed E-state index contributed by atoms with van der Waals surface area (Å²) in [7, 11) is 0. The maximum Gasteiger partial charge on any atom is 0.319 e. The minimum absolute atomic E-state index is 0.0657. The molecule has 0 aliphatic heterocycles. The number of rotatable bonds is 8. The number of azo groups is 1. The van der Waals surface area contributed by atoms with Gasteiger partial charge in [-0.3, -0.25) is 0 Å². The molecule has 0 unspecified atom stereocenters. The Hall–Kier alpha value is -4.98. The van der Waals surface area contributed by atoms with Gasteiger partial charge in [0.2, 0.25) is 0 Å². The fraction of sp³-hybridized carbons (Fsp3) is 0.278. The van der Waals surface area contributed by atoms with Crippen LogP contribution >= 0.6 is 0 Å². The summed E-state index contributed by atoms with van der Waals surface area (Å²) in [6.45, 7) is 13.7. The van der Waals surface area contributed by atoms with Gasteiger partial charge in [0.1, 0.15) is 0 Å². The van der Waals surface area contributed by atoms with E-state index in [0.717, 1.165) is 22.5 Å². The first kappa shape index (κ1) is 31.9. The summed E-state index contributed by atoms with van der Waals surface area (Å²) in [5, 5.41) is 20.1. The van der Waals surface area contributed by atoms with Crippen LogP contribution in [0.5, 0.6) is 0 Å². The van der Waals surface area contributed by atoms with Crippen molar-refractivity contribution in [1.29, 1.82) is 0 Å². The minimum Gasteiger partial charge on any atom is -0.334 e. The van der Waals surface area contributed by atoms with E-state index in [1.807, 2.05) is 97.1 Å². The highest BCUT2D eigenvalue weighted by atomic mass is 16.2. The van der Waals surface area contributed by atoms with Crippen molar-refractivity contribution in [2.75, 3.05) is 10.6 Å². The van der Waals surface area contributed by atoms with E-state index >= 15 is 0 Å². The van der Waals surface area contributed by atoms with Crippen LogP contribution in [0, 0.1) is 0 Å². The van der Waals surface area contributed by atoms with E-state index in [0.29, 0.717) is 24.5 Å². The summed E-state index contributed by atoms with van der Waals surface area (Å²) in [5.74, 6) is 0. The maximum absolute atomic E-state index is 12.3. The highest BCUT2D eigenvalue weighted by molar-refractivity contribution is 5.89. The van der Waals surface area contributed by atoms with Gasteiger partial charge in [-0.15, -0.1) is 0 Å². The molecule has 4 aromatic carbocycles. The number of hydrogen-bond donors (Lipinski definition) is 4. The highest BCUT2D eigenvalue weighted by Gasteiger charge is 2.14. The summed E-state index contributed by atoms with van der Waals surface area (Å²) in [4.78, 5) is 24.6. The molecule has 4 rings (SSSR count). The number of urea groups is 2. The molecule has 4 amide bonds. The summed E-state index contributed by atoms with van der Waals surface area (Å²) in [5.41, 5.74) is 7.36. The molecule has 44 heavy (non-hydrogen) atoms. The first-order valence-corrected chi connectivity index (χ1v) is 14.8. The molecule has 0 aromatic heterocycles. The Morgan fingerprint density at radius 3 is 1.11 bits per heavy atom. The number of hydrogen-bond acceptors (Lipinski definition) is 4. The molecule has 0 atom stereocenters. The van der Waals surface area contributed by atoms with Crippen LogP contribution in [-0.4, -0.2) is 12.1 Å². The van der Waals surface area contributed by atoms with Crippen LogP contribution < -0.4 is 21.3 Å². The molecule has 0 aliphatic rings. The lowest BCUT2D eigenvalue weighted by atomic mass is 9.87. The summed E-state index contributed by atoms with van der Waals surface area (Å²) in [6.07, 6.45) is 0. The Kier molecular flexibility index (Phi) is 10.2. The van der Waals surface area contributed by atoms with Crippen molar-refractivity contribution in [3.8, 4) is 0 Å². The van der Waals surface area contributed by atoms with E-state index in [1.165, 1.54) is 11.1 Å². The molecular weight excluding hydrogens is 548 g/mol. The van der Waals surface area contributed by atoms with E-state index in [1.54, 1.807) is 0 Å². The largest absolute Gasteiger partial charge is 0.334 e. The molecule has 0 bridgehead atoms. The van der Waals surface area contributed by atoms with E-state index in [-0.39, 0.29) is 22.9 Å². The normalized spacial score (nSPS) is 11.7. The van der Waals surface area contributed by atoms with Gasteiger partial charge in [-0.25, -0.2) is 9.59 Å². The quantitative estimate of drug-likeness (QED) is 0.153. The lowest BCUT2D eigenvalue weighted by Gasteiger charge is -2.19. The second kappa shape index (κ2) is 14.0. The lowest BCUT2D eigenvalue weighted by Crippen LogP contribution is -2.28. The third-order valence-electron chi connectivity index (χ3n) is 7.08. The molecule has 0 saturated carbocycles. The molecule has 0 aliphatic carbocycles. The van der Waals surface area contributed by atoms with Crippen LogP contribution in [0.2, 0.25) is 0 Å². The summed E-state index contributed by atoms with van der Waals surface area (Å²) >= 11 is 0. The third kappa shape index (κ3) is 9.80. The van der Waals surface area contributed by atoms with Crippen molar-refractivity contribution in [3.63, 3.8) is 0 Å². The van der Waals surface area contributed by atoms with Gasteiger partial charge in [-0.2, -0.15) is 10.2 Å². The SMILES string of the molecule is CC(C)(C)c1ccc(NC(=O)NCc2ccc(N=Nc3ccc(CNC(=O)Nc4ccc(C(C)(C)C)cc4)cc3)cc2)cc1. The number of carbonyl (C=O) groups is 2. The summed E-state index contributed by atoms with van der Waals surface area (Å²) in [6, 6.07) is 30.3. The molecule has 0 spiro atoms. The molecule has 0 radical (unpaired) electrons. The molecule has 4 aromatic rings. The number of nitrogens with zero attached hydrogens (tertiary/aromatic N) is 2. The Labute approximate surface area is 260 Å². The molecule has 0 fully saturated rings. The molecule has 0 heterocycles. The zero-order valence-corrected chi connectivity index (χ0v) is 26.4. The van der Waals surface area contributed by atoms with Gasteiger partial charge in [0.25, 0.3) is 0 Å². The zero-order chi connectivity index (χ0) is 31.7. The van der Waals surface area contributed by atoms with Gasteiger partial charge < -0.3 is 21.3 Å². The van der Waals surface area contributed by atoms with Crippen molar-refractivity contribution < 1.29 is 9.59 Å². The highest BCUT2D eigenvalue weighted by Crippen LogP contribution is 2.25. The zero-order valence-electron chi connectivity index (χ0n) is 26.4. The van der Waals surface area contributed by atoms with Crippen molar-refractivity contribution in [2.24, 2.45) is 10.2 Å². The number of benzene rings is 4. The predicted octanol–water partition coefficient (Wildman–Crippen LogP) is 9.34. The number of nitrogens with one attached hydrogen (secondary N) is 4. The average Bonchev–Trinajstić information content (AvgIpc) is 2.98. The van der Waals surface area contributed by atoms with Gasteiger partial charge in [-0.05, 0) is 81.6 Å².